The van der Waals surface area contributed by atoms with Crippen LogP contribution in [0.3, 0.4) is 0 Å². The molecule has 1 aromatic heterocycles. The Morgan fingerprint density at radius 2 is 2.13 bits per heavy atom. The second-order valence-electron chi connectivity index (χ2n) is 3.49. The largest absolute Gasteiger partial charge is 0.256 e. The Labute approximate surface area is 89.7 Å². The Kier molecular flexibility index (Phi) is 2.68. The molecule has 0 aliphatic heterocycles. The molecule has 2 aromatic rings. The van der Waals surface area contributed by atoms with Crippen LogP contribution < -0.4 is 0 Å². The van der Waals surface area contributed by atoms with E-state index in [0.717, 1.165) is 22.0 Å². The molecule has 1 aromatic carbocycles. The summed E-state index contributed by atoms with van der Waals surface area (Å²) in [5, 5.41) is 0.990. The molecule has 0 fully saturated rings. The fourth-order valence-electron chi connectivity index (χ4n) is 1.60. The Balaban J connectivity index is 2.65. The van der Waals surface area contributed by atoms with E-state index in [0.29, 0.717) is 0 Å². The Morgan fingerprint density at radius 3 is 2.87 bits per heavy atom. The average Bonchev–Trinajstić information content (AvgIpc) is 2.16. The highest BCUT2D eigenvalue weighted by Crippen LogP contribution is 2.17. The van der Waals surface area contributed by atoms with Crippen molar-refractivity contribution in [2.24, 2.45) is 0 Å². The molecular formula is C11H11NO2S. The molecule has 0 bridgehead atoms. The molecule has 15 heavy (non-hydrogen) atoms. The number of hydrogen-bond donors (Lipinski definition) is 1. The van der Waals surface area contributed by atoms with E-state index in [1.165, 1.54) is 0 Å². The van der Waals surface area contributed by atoms with Crippen LogP contribution in [0.15, 0.2) is 30.5 Å². The molecule has 3 nitrogen and oxygen atoms in total. The van der Waals surface area contributed by atoms with E-state index in [2.05, 4.69) is 4.98 Å². The number of aromatic nitrogens is 1. The SMILES string of the molecule is Cc1cnc2c(C[SH](=O)=O)cccc2c1. The highest BCUT2D eigenvalue weighted by atomic mass is 32.2. The lowest BCUT2D eigenvalue weighted by atomic mass is 10.1. The summed E-state index contributed by atoms with van der Waals surface area (Å²) in [6.07, 6.45) is 1.75. The minimum absolute atomic E-state index is 0.0583. The smallest absolute Gasteiger partial charge is 0.144 e. The standard InChI is InChI=1S/C11H11NO2S/c1-8-5-9-3-2-4-10(7-15(13)14)11(9)12-6-8/h2-6,15H,7H2,1H3. The molecular weight excluding hydrogens is 210 g/mol. The van der Waals surface area contributed by atoms with Gasteiger partial charge in [0.05, 0.1) is 11.3 Å². The van der Waals surface area contributed by atoms with Crippen molar-refractivity contribution in [1.29, 1.82) is 0 Å². The van der Waals surface area contributed by atoms with E-state index in [1.807, 2.05) is 25.1 Å². The Morgan fingerprint density at radius 1 is 1.33 bits per heavy atom. The predicted molar refractivity (Wildman–Crippen MR) is 60.5 cm³/mol. The van der Waals surface area contributed by atoms with E-state index in [1.54, 1.807) is 12.3 Å². The summed E-state index contributed by atoms with van der Waals surface area (Å²) in [5.41, 5.74) is 2.62. The van der Waals surface area contributed by atoms with E-state index in [4.69, 9.17) is 0 Å². The number of nitrogens with zero attached hydrogens (tertiary/aromatic N) is 1. The van der Waals surface area contributed by atoms with Gasteiger partial charge >= 0.3 is 0 Å². The van der Waals surface area contributed by atoms with E-state index >= 15 is 0 Å². The zero-order valence-corrected chi connectivity index (χ0v) is 9.20. The van der Waals surface area contributed by atoms with Crippen molar-refractivity contribution < 1.29 is 8.42 Å². The quantitative estimate of drug-likeness (QED) is 0.784. The van der Waals surface area contributed by atoms with Gasteiger partial charge in [0.1, 0.15) is 10.7 Å². The minimum atomic E-state index is -2.40. The van der Waals surface area contributed by atoms with Gasteiger partial charge in [0.15, 0.2) is 0 Å². The molecule has 0 radical (unpaired) electrons. The molecule has 4 heteroatoms. The Hall–Kier alpha value is -1.42. The molecule has 1 heterocycles. The van der Waals surface area contributed by atoms with Gasteiger partial charge in [0.25, 0.3) is 0 Å². The van der Waals surface area contributed by atoms with Gasteiger partial charge in [-0.3, -0.25) is 4.98 Å². The van der Waals surface area contributed by atoms with Crippen LogP contribution in [0.1, 0.15) is 11.1 Å². The average molecular weight is 221 g/mol. The molecule has 0 amide bonds. The monoisotopic (exact) mass is 221 g/mol. The van der Waals surface area contributed by atoms with Crippen LogP contribution in [0, 0.1) is 6.92 Å². The fraction of sp³-hybridized carbons (Fsp3) is 0.182. The number of benzene rings is 1. The molecule has 0 aliphatic rings. The number of para-hydroxylation sites is 1. The van der Waals surface area contributed by atoms with Crippen LogP contribution in [0.25, 0.3) is 10.9 Å². The third-order valence-electron chi connectivity index (χ3n) is 2.23. The molecule has 0 saturated heterocycles. The number of thiol groups is 1. The summed E-state index contributed by atoms with van der Waals surface area (Å²) in [6.45, 7) is 1.97. The van der Waals surface area contributed by atoms with Crippen molar-refractivity contribution in [3.05, 3.63) is 41.6 Å². The van der Waals surface area contributed by atoms with Crippen molar-refractivity contribution >= 4 is 21.6 Å². The highest BCUT2D eigenvalue weighted by Gasteiger charge is 2.02. The van der Waals surface area contributed by atoms with Gasteiger partial charge in [-0.1, -0.05) is 18.2 Å². The number of fused-ring (bicyclic) bond motifs is 1. The third kappa shape index (κ3) is 2.15. The highest BCUT2D eigenvalue weighted by molar-refractivity contribution is 7.71. The maximum atomic E-state index is 10.7. The van der Waals surface area contributed by atoms with Crippen LogP contribution in [0.5, 0.6) is 0 Å². The number of pyridine rings is 1. The summed E-state index contributed by atoms with van der Waals surface area (Å²) >= 11 is 0. The van der Waals surface area contributed by atoms with Crippen LogP contribution in [0.4, 0.5) is 0 Å². The predicted octanol–water partition coefficient (Wildman–Crippen LogP) is 1.65. The van der Waals surface area contributed by atoms with E-state index < -0.39 is 10.7 Å². The summed E-state index contributed by atoms with van der Waals surface area (Å²) in [5.74, 6) is 0.0583. The zero-order valence-electron chi connectivity index (χ0n) is 8.30. The second kappa shape index (κ2) is 3.98. The summed E-state index contributed by atoms with van der Waals surface area (Å²) in [4.78, 5) is 4.27. The van der Waals surface area contributed by atoms with Crippen molar-refractivity contribution in [1.82, 2.24) is 4.98 Å². The maximum Gasteiger partial charge on any atom is 0.144 e. The van der Waals surface area contributed by atoms with Crippen LogP contribution in [-0.4, -0.2) is 13.4 Å². The summed E-state index contributed by atoms with van der Waals surface area (Å²) in [7, 11) is -2.40. The molecule has 2 rings (SSSR count). The molecule has 0 saturated carbocycles. The van der Waals surface area contributed by atoms with Gasteiger partial charge in [-0.2, -0.15) is 0 Å². The van der Waals surface area contributed by atoms with Gasteiger partial charge in [-0.25, -0.2) is 8.42 Å². The van der Waals surface area contributed by atoms with Crippen molar-refractivity contribution in [2.75, 3.05) is 0 Å². The molecule has 78 valence electrons. The van der Waals surface area contributed by atoms with Gasteiger partial charge in [0, 0.05) is 11.6 Å². The first-order chi connectivity index (χ1) is 7.16. The van der Waals surface area contributed by atoms with Gasteiger partial charge in [-0.15, -0.1) is 0 Å². The Bertz CT molecular complexity index is 568. The minimum Gasteiger partial charge on any atom is -0.256 e. The molecule has 0 aliphatic carbocycles. The second-order valence-corrected chi connectivity index (χ2v) is 4.47. The first-order valence-corrected chi connectivity index (χ1v) is 5.99. The lowest BCUT2D eigenvalue weighted by Gasteiger charge is -2.02. The van der Waals surface area contributed by atoms with Crippen LogP contribution in [0.2, 0.25) is 0 Å². The third-order valence-corrected chi connectivity index (χ3v) is 2.83. The summed E-state index contributed by atoms with van der Waals surface area (Å²) in [6, 6.07) is 7.60. The number of hydrogen-bond acceptors (Lipinski definition) is 3. The lowest BCUT2D eigenvalue weighted by Crippen LogP contribution is -1.91. The first-order valence-electron chi connectivity index (χ1n) is 4.63. The van der Waals surface area contributed by atoms with Crippen LogP contribution >= 0.6 is 0 Å². The molecule has 0 N–H and O–H groups in total. The topological polar surface area (TPSA) is 47.0 Å². The molecule has 0 atom stereocenters. The van der Waals surface area contributed by atoms with Crippen molar-refractivity contribution in [3.8, 4) is 0 Å². The van der Waals surface area contributed by atoms with Gasteiger partial charge in [-0.05, 0) is 24.1 Å². The maximum absolute atomic E-state index is 10.7. The van der Waals surface area contributed by atoms with Crippen molar-refractivity contribution in [2.45, 2.75) is 12.7 Å². The summed E-state index contributed by atoms with van der Waals surface area (Å²) < 4.78 is 21.4. The normalized spacial score (nSPS) is 11.1. The van der Waals surface area contributed by atoms with Gasteiger partial charge in [0.2, 0.25) is 0 Å². The molecule has 0 unspecified atom stereocenters. The fourth-order valence-corrected chi connectivity index (χ4v) is 2.13. The lowest BCUT2D eigenvalue weighted by molar-refractivity contribution is 0.614. The van der Waals surface area contributed by atoms with Crippen molar-refractivity contribution in [3.63, 3.8) is 0 Å². The first kappa shape index (κ1) is 10.1. The van der Waals surface area contributed by atoms with E-state index in [-0.39, 0.29) is 5.75 Å². The molecule has 0 spiro atoms. The van der Waals surface area contributed by atoms with Crippen LogP contribution in [-0.2, 0) is 16.5 Å². The number of rotatable bonds is 2. The number of aryl methyl sites for hydroxylation is 1. The van der Waals surface area contributed by atoms with Gasteiger partial charge < -0.3 is 0 Å². The van der Waals surface area contributed by atoms with E-state index in [9.17, 15) is 8.42 Å². The zero-order chi connectivity index (χ0) is 10.8.